The Hall–Kier alpha value is -3.73. The van der Waals surface area contributed by atoms with E-state index in [1.807, 2.05) is 6.92 Å². The van der Waals surface area contributed by atoms with Crippen molar-refractivity contribution in [2.24, 2.45) is 0 Å². The molecule has 0 radical (unpaired) electrons. The number of carbonyl (C=O) groups excluding carboxylic acids is 1. The fourth-order valence-electron chi connectivity index (χ4n) is 3.44. The van der Waals surface area contributed by atoms with Crippen LogP contribution in [0.4, 0.5) is 15.9 Å². The molecule has 0 aliphatic rings. The predicted octanol–water partition coefficient (Wildman–Crippen LogP) is 2.33. The van der Waals surface area contributed by atoms with E-state index in [-0.39, 0.29) is 43.3 Å². The van der Waals surface area contributed by atoms with Crippen LogP contribution in [0.5, 0.6) is 0 Å². The maximum absolute atomic E-state index is 13.1. The van der Waals surface area contributed by atoms with Crippen LogP contribution in [-0.4, -0.2) is 40.7 Å². The van der Waals surface area contributed by atoms with Gasteiger partial charge in [0.25, 0.3) is 5.56 Å². The number of carbonyl (C=O) groups is 1. The van der Waals surface area contributed by atoms with Gasteiger partial charge in [0, 0.05) is 38.6 Å². The Morgan fingerprint density at radius 1 is 1.29 bits per heavy atom. The number of aromatic amines is 1. The van der Waals surface area contributed by atoms with Crippen molar-refractivity contribution in [1.82, 2.24) is 14.5 Å². The molecule has 1 aromatic carbocycles. The number of hydrogen-bond donors (Lipinski definition) is 2. The highest BCUT2D eigenvalue weighted by Gasteiger charge is 2.24. The Morgan fingerprint density at radius 3 is 2.71 bits per heavy atom. The summed E-state index contributed by atoms with van der Waals surface area (Å²) in [5, 5.41) is 0. The van der Waals surface area contributed by atoms with Crippen molar-refractivity contribution in [3.05, 3.63) is 63.0 Å². The van der Waals surface area contributed by atoms with Crippen molar-refractivity contribution in [1.29, 1.82) is 0 Å². The molecular formula is C23H28FN5O5. The minimum atomic E-state index is -0.741. The Balaban J connectivity index is 1.81. The van der Waals surface area contributed by atoms with Crippen LogP contribution in [0, 0.1) is 5.82 Å². The van der Waals surface area contributed by atoms with Gasteiger partial charge in [0.05, 0.1) is 12.8 Å². The van der Waals surface area contributed by atoms with Gasteiger partial charge < -0.3 is 19.8 Å². The highest BCUT2D eigenvalue weighted by atomic mass is 19.1. The molecule has 0 bridgehead atoms. The van der Waals surface area contributed by atoms with Gasteiger partial charge in [-0.1, -0.05) is 13.3 Å². The molecule has 182 valence electrons. The van der Waals surface area contributed by atoms with Gasteiger partial charge in [0.2, 0.25) is 5.91 Å². The van der Waals surface area contributed by atoms with Crippen molar-refractivity contribution in [2.75, 3.05) is 30.9 Å². The molecule has 34 heavy (non-hydrogen) atoms. The van der Waals surface area contributed by atoms with Crippen molar-refractivity contribution in [3.63, 3.8) is 0 Å². The third-order valence-corrected chi connectivity index (χ3v) is 5.27. The van der Waals surface area contributed by atoms with E-state index in [0.29, 0.717) is 30.2 Å². The van der Waals surface area contributed by atoms with E-state index >= 15 is 0 Å². The number of benzene rings is 1. The summed E-state index contributed by atoms with van der Waals surface area (Å²) >= 11 is 0. The molecule has 0 saturated carbocycles. The smallest absolute Gasteiger partial charge is 0.330 e. The molecule has 0 saturated heterocycles. The highest BCUT2D eigenvalue weighted by Crippen LogP contribution is 2.22. The lowest BCUT2D eigenvalue weighted by Crippen LogP contribution is -2.42. The largest absolute Gasteiger partial charge is 0.441 e. The predicted molar refractivity (Wildman–Crippen MR) is 125 cm³/mol. The first-order valence-corrected chi connectivity index (χ1v) is 11.0. The third-order valence-electron chi connectivity index (χ3n) is 5.27. The van der Waals surface area contributed by atoms with E-state index in [4.69, 9.17) is 14.9 Å². The van der Waals surface area contributed by atoms with Gasteiger partial charge >= 0.3 is 5.69 Å². The van der Waals surface area contributed by atoms with E-state index in [2.05, 4.69) is 9.97 Å². The summed E-state index contributed by atoms with van der Waals surface area (Å²) in [4.78, 5) is 45.6. The van der Waals surface area contributed by atoms with Crippen molar-refractivity contribution in [2.45, 2.75) is 39.2 Å². The molecule has 0 aliphatic heterocycles. The zero-order valence-electron chi connectivity index (χ0n) is 19.2. The minimum Gasteiger partial charge on any atom is -0.441 e. The molecule has 0 spiro atoms. The first-order chi connectivity index (χ1) is 16.3. The molecule has 0 unspecified atom stereocenters. The fraction of sp³-hybridized carbons (Fsp3) is 0.391. The van der Waals surface area contributed by atoms with Crippen LogP contribution in [0.3, 0.4) is 0 Å². The quantitative estimate of drug-likeness (QED) is 0.436. The molecule has 3 aromatic rings. The van der Waals surface area contributed by atoms with Gasteiger partial charge in [-0.25, -0.2) is 14.2 Å². The van der Waals surface area contributed by atoms with Gasteiger partial charge in [0.15, 0.2) is 17.3 Å². The molecule has 3 N–H and O–H groups in total. The van der Waals surface area contributed by atoms with Crippen molar-refractivity contribution < 1.29 is 18.3 Å². The van der Waals surface area contributed by atoms with Gasteiger partial charge in [-0.3, -0.25) is 19.1 Å². The molecule has 10 nitrogen and oxygen atoms in total. The van der Waals surface area contributed by atoms with Gasteiger partial charge in [-0.2, -0.15) is 0 Å². The second-order valence-electron chi connectivity index (χ2n) is 7.66. The van der Waals surface area contributed by atoms with Crippen molar-refractivity contribution in [3.8, 4) is 11.3 Å². The van der Waals surface area contributed by atoms with Crippen molar-refractivity contribution >= 4 is 17.4 Å². The molecule has 2 heterocycles. The number of anilines is 2. The number of aromatic nitrogens is 3. The van der Waals surface area contributed by atoms with Crippen LogP contribution in [0.2, 0.25) is 0 Å². The number of nitrogens with one attached hydrogen (secondary N) is 1. The lowest BCUT2D eigenvalue weighted by Gasteiger charge is -2.24. The standard InChI is InChI=1S/C23H28FN5O5/c1-3-4-11-29-21(25)20(22(31)27-23(29)32)28(12-13-33-2)19(30)10-9-18-26-14-17(34-18)15-5-7-16(24)8-6-15/h5-8,14H,3-4,9-13,25H2,1-2H3,(H,27,31,32). The Kier molecular flexibility index (Phi) is 8.36. The topological polar surface area (TPSA) is 136 Å². The zero-order valence-corrected chi connectivity index (χ0v) is 19.2. The second-order valence-corrected chi connectivity index (χ2v) is 7.66. The minimum absolute atomic E-state index is 0.0277. The zero-order chi connectivity index (χ0) is 24.7. The van der Waals surface area contributed by atoms with Crippen LogP contribution < -0.4 is 21.9 Å². The molecule has 0 fully saturated rings. The summed E-state index contributed by atoms with van der Waals surface area (Å²) < 4.78 is 25.2. The number of methoxy groups -OCH3 is 1. The summed E-state index contributed by atoms with van der Waals surface area (Å²) in [5.74, 6) is -0.0742. The average Bonchev–Trinajstić information content (AvgIpc) is 3.29. The first-order valence-electron chi connectivity index (χ1n) is 11.0. The summed E-state index contributed by atoms with van der Waals surface area (Å²) in [6.07, 6.45) is 3.14. The first kappa shape index (κ1) is 24.9. The number of nitrogen functional groups attached to an aromatic ring is 1. The maximum atomic E-state index is 13.1. The van der Waals surface area contributed by atoms with Crippen LogP contribution in [0.1, 0.15) is 32.1 Å². The summed E-state index contributed by atoms with van der Waals surface area (Å²) in [6.45, 7) is 2.51. The maximum Gasteiger partial charge on any atom is 0.330 e. The van der Waals surface area contributed by atoms with E-state index < -0.39 is 17.2 Å². The summed E-state index contributed by atoms with van der Waals surface area (Å²) in [7, 11) is 1.47. The number of rotatable bonds is 11. The molecule has 11 heteroatoms. The third kappa shape index (κ3) is 5.79. The van der Waals surface area contributed by atoms with Gasteiger partial charge in [-0.05, 0) is 30.7 Å². The Labute approximate surface area is 195 Å². The molecule has 3 rings (SSSR count). The van der Waals surface area contributed by atoms with Crippen LogP contribution in [0.15, 0.2) is 44.5 Å². The normalized spacial score (nSPS) is 11.0. The fourth-order valence-corrected chi connectivity index (χ4v) is 3.44. The number of H-pyrrole nitrogens is 1. The lowest BCUT2D eigenvalue weighted by atomic mass is 10.2. The number of nitrogens with zero attached hydrogens (tertiary/aromatic N) is 3. The molecule has 1 amide bonds. The average molecular weight is 474 g/mol. The number of oxazole rings is 1. The highest BCUT2D eigenvalue weighted by molar-refractivity contribution is 5.95. The number of aryl methyl sites for hydroxylation is 1. The van der Waals surface area contributed by atoms with E-state index in [9.17, 15) is 18.8 Å². The van der Waals surface area contributed by atoms with Crippen LogP contribution in [0.25, 0.3) is 11.3 Å². The van der Waals surface area contributed by atoms with Crippen LogP contribution in [-0.2, 0) is 22.5 Å². The lowest BCUT2D eigenvalue weighted by molar-refractivity contribution is -0.118. The Bertz CT molecular complexity index is 1230. The summed E-state index contributed by atoms with van der Waals surface area (Å²) in [6, 6.07) is 5.77. The number of hydrogen-bond acceptors (Lipinski definition) is 7. The van der Waals surface area contributed by atoms with Gasteiger partial charge in [0.1, 0.15) is 11.6 Å². The number of halogens is 1. The van der Waals surface area contributed by atoms with Gasteiger partial charge in [-0.15, -0.1) is 0 Å². The molecule has 2 aromatic heterocycles. The van der Waals surface area contributed by atoms with Crippen LogP contribution >= 0.6 is 0 Å². The molecule has 0 atom stereocenters. The molecular weight excluding hydrogens is 445 g/mol. The van der Waals surface area contributed by atoms with E-state index in [1.165, 1.54) is 34.9 Å². The van der Waals surface area contributed by atoms with E-state index in [0.717, 1.165) is 6.42 Å². The second kappa shape index (κ2) is 11.4. The number of unbranched alkanes of at least 4 members (excludes halogenated alkanes) is 1. The monoisotopic (exact) mass is 473 g/mol. The molecule has 0 aliphatic carbocycles. The number of amides is 1. The van der Waals surface area contributed by atoms with E-state index in [1.54, 1.807) is 12.1 Å². The summed E-state index contributed by atoms with van der Waals surface area (Å²) in [5.41, 5.74) is 5.38. The SMILES string of the molecule is CCCCn1c(N)c(N(CCOC)C(=O)CCc2ncc(-c3ccc(F)cc3)o2)c(=O)[nH]c1=O. The Morgan fingerprint density at radius 2 is 2.03 bits per heavy atom. The number of nitrogens with two attached hydrogens (primary N) is 1. The number of ether oxygens (including phenoxy) is 1.